The fourth-order valence-electron chi connectivity index (χ4n) is 0. The van der Waals surface area contributed by atoms with Gasteiger partial charge in [-0.1, -0.05) is 0 Å². The van der Waals surface area contributed by atoms with Gasteiger partial charge in [-0.15, -0.1) is 0 Å². The third-order valence-corrected chi connectivity index (χ3v) is 0. The molecule has 0 bridgehead atoms. The summed E-state index contributed by atoms with van der Waals surface area (Å²) in [6.45, 7) is 0. The quantitative estimate of drug-likeness (QED) is 0.377. The maximum absolute atomic E-state index is 0. The molecule has 6 heteroatoms. The van der Waals surface area contributed by atoms with Crippen LogP contribution in [0.5, 0.6) is 0 Å². The van der Waals surface area contributed by atoms with Crippen LogP contribution in [0.3, 0.4) is 0 Å². The molecule has 0 aromatic rings. The fourth-order valence-corrected chi connectivity index (χ4v) is 0. The monoisotopic (exact) mass is 252 g/mol. The number of rotatable bonds is 0. The number of hydrogen-bond acceptors (Lipinski definition) is 0. The van der Waals surface area contributed by atoms with E-state index in [-0.39, 0.29) is 90.8 Å². The average Bonchev–Trinajstić information content (AvgIpc) is 0. The van der Waals surface area contributed by atoms with Crippen molar-refractivity contribution < 1.29 is 90.8 Å². The van der Waals surface area contributed by atoms with Gasteiger partial charge in [-0.2, -0.15) is 0 Å². The van der Waals surface area contributed by atoms with Crippen molar-refractivity contribution in [3.05, 3.63) is 0 Å². The molecule has 0 aromatic carbocycles. The molecule has 0 aromatic heterocycles. The molecule has 6 heavy (non-hydrogen) atoms. The third kappa shape index (κ3) is 31.5. The molecule has 0 spiro atoms. The van der Waals surface area contributed by atoms with Crippen LogP contribution in [-0.4, -0.2) is 0 Å². The van der Waals surface area contributed by atoms with Gasteiger partial charge in [-0.05, 0) is 0 Å². The van der Waals surface area contributed by atoms with E-state index in [9.17, 15) is 0 Å². The molecule has 0 amide bonds. The van der Waals surface area contributed by atoms with Crippen molar-refractivity contribution in [1.82, 2.24) is 0 Å². The smallest absolute Gasteiger partial charge is 1.00 e. The maximum atomic E-state index is 0. The Morgan fingerprint density at radius 2 is 0.500 bits per heavy atom. The molecule has 0 nitrogen and oxygen atoms in total. The van der Waals surface area contributed by atoms with Gasteiger partial charge in [0, 0.05) is 0 Å². The Morgan fingerprint density at radius 1 is 0.500 bits per heavy atom. The molecule has 0 aliphatic heterocycles. The molecular weight excluding hydrogens is 255 g/mol. The van der Waals surface area contributed by atoms with Gasteiger partial charge in [-0.3, -0.25) is 0 Å². The van der Waals surface area contributed by atoms with Crippen LogP contribution in [0.1, 0.15) is 0 Å². The van der Waals surface area contributed by atoms with Gasteiger partial charge in [0.1, 0.15) is 0 Å². The first-order chi connectivity index (χ1) is 0. The van der Waals surface area contributed by atoms with E-state index in [4.69, 9.17) is 0 Å². The minimum atomic E-state index is 0. The summed E-state index contributed by atoms with van der Waals surface area (Å²) in [5.41, 5.74) is 0. The molecule has 0 saturated heterocycles. The molecule has 0 radical (unpaired) electrons. The normalized spacial score (nSPS) is 0. The van der Waals surface area contributed by atoms with E-state index in [1.165, 1.54) is 0 Å². The van der Waals surface area contributed by atoms with E-state index in [1.54, 1.807) is 0 Å². The van der Waals surface area contributed by atoms with Crippen molar-refractivity contribution in [3.63, 3.8) is 0 Å². The Labute approximate surface area is 89.9 Å². The van der Waals surface area contributed by atoms with Gasteiger partial charge in [-0.25, -0.2) is 0 Å². The summed E-state index contributed by atoms with van der Waals surface area (Å²) in [5.74, 6) is 0. The van der Waals surface area contributed by atoms with Crippen LogP contribution in [0.2, 0.25) is 0 Å². The molecular formula is Cl4TiZn+2. The van der Waals surface area contributed by atoms with Crippen LogP contribution in [0, 0.1) is 0 Å². The van der Waals surface area contributed by atoms with E-state index in [1.807, 2.05) is 0 Å². The van der Waals surface area contributed by atoms with Crippen molar-refractivity contribution in [3.8, 4) is 0 Å². The van der Waals surface area contributed by atoms with Crippen LogP contribution in [-0.2, 0) is 41.2 Å². The Kier molecular flexibility index (Phi) is 648. The summed E-state index contributed by atoms with van der Waals surface area (Å²) in [6.07, 6.45) is 0. The largest absolute Gasteiger partial charge is 4.00 e. The fraction of sp³-hybridized carbons (Fsp3) is 0. The second-order valence-electron chi connectivity index (χ2n) is 0. The van der Waals surface area contributed by atoms with Crippen LogP contribution < -0.4 is 49.6 Å². The zero-order valence-electron chi connectivity index (χ0n) is 2.72. The van der Waals surface area contributed by atoms with E-state index < -0.39 is 0 Å². The minimum absolute atomic E-state index is 0. The molecule has 0 fully saturated rings. The first-order valence-electron chi connectivity index (χ1n) is 0. The van der Waals surface area contributed by atoms with E-state index in [0.29, 0.717) is 0 Å². The second kappa shape index (κ2) is 50.7. The van der Waals surface area contributed by atoms with E-state index in [0.717, 1.165) is 0 Å². The topological polar surface area (TPSA) is 0 Å². The molecule has 0 aliphatic carbocycles. The standard InChI is InChI=1S/4ClH.Ti.Zn/h4*1H;;/q;;;;+4;+2/p-4. The predicted molar refractivity (Wildman–Crippen MR) is 0 cm³/mol. The maximum Gasteiger partial charge on any atom is 4.00 e. The van der Waals surface area contributed by atoms with Crippen LogP contribution in [0.25, 0.3) is 0 Å². The first kappa shape index (κ1) is 76.6. The number of halogens is 4. The summed E-state index contributed by atoms with van der Waals surface area (Å²) in [4.78, 5) is 0. The van der Waals surface area contributed by atoms with Crippen molar-refractivity contribution in [2.24, 2.45) is 0 Å². The van der Waals surface area contributed by atoms with Crippen molar-refractivity contribution in [1.29, 1.82) is 0 Å². The van der Waals surface area contributed by atoms with Gasteiger partial charge in [0.2, 0.25) is 0 Å². The third-order valence-electron chi connectivity index (χ3n) is 0. The van der Waals surface area contributed by atoms with Gasteiger partial charge >= 0.3 is 41.2 Å². The predicted octanol–water partition coefficient (Wildman–Crippen LogP) is -12.0. The Morgan fingerprint density at radius 3 is 0.500 bits per heavy atom. The summed E-state index contributed by atoms with van der Waals surface area (Å²) >= 11 is 0. The summed E-state index contributed by atoms with van der Waals surface area (Å²) in [5, 5.41) is 0. The molecule has 0 atom stereocenters. The van der Waals surface area contributed by atoms with Crippen molar-refractivity contribution in [2.75, 3.05) is 0 Å². The van der Waals surface area contributed by atoms with Gasteiger partial charge in [0.15, 0.2) is 0 Å². The molecule has 0 heterocycles. The Balaban J connectivity index is 0. The van der Waals surface area contributed by atoms with Gasteiger partial charge < -0.3 is 49.6 Å². The van der Waals surface area contributed by atoms with Gasteiger partial charge in [0.05, 0.1) is 0 Å². The summed E-state index contributed by atoms with van der Waals surface area (Å²) in [7, 11) is 0. The SMILES string of the molecule is [Cl-].[Cl-].[Cl-].[Cl-].[Ti+4].[Zn+2]. The van der Waals surface area contributed by atoms with E-state index in [2.05, 4.69) is 0 Å². The average molecular weight is 255 g/mol. The molecule has 32 valence electrons. The molecule has 0 aliphatic rings. The molecule has 0 rings (SSSR count). The zero-order valence-corrected chi connectivity index (χ0v) is 10.3. The van der Waals surface area contributed by atoms with E-state index >= 15 is 0 Å². The Bertz CT molecular complexity index is 7.51. The van der Waals surface area contributed by atoms with Crippen LogP contribution >= 0.6 is 0 Å². The molecule has 0 saturated carbocycles. The minimum Gasteiger partial charge on any atom is -1.00 e. The summed E-state index contributed by atoms with van der Waals surface area (Å²) < 4.78 is 0. The van der Waals surface area contributed by atoms with Crippen LogP contribution in [0.15, 0.2) is 0 Å². The van der Waals surface area contributed by atoms with Crippen molar-refractivity contribution in [2.45, 2.75) is 0 Å². The Hall–Kier alpha value is 2.50. The van der Waals surface area contributed by atoms with Crippen LogP contribution in [0.4, 0.5) is 0 Å². The number of hydrogen-bond donors (Lipinski definition) is 0. The molecule has 0 N–H and O–H groups in total. The van der Waals surface area contributed by atoms with Gasteiger partial charge in [0.25, 0.3) is 0 Å². The summed E-state index contributed by atoms with van der Waals surface area (Å²) in [6, 6.07) is 0. The zero-order chi connectivity index (χ0) is 0. The van der Waals surface area contributed by atoms with Crippen molar-refractivity contribution >= 4 is 0 Å². The first-order valence-corrected chi connectivity index (χ1v) is 0. The second-order valence-corrected chi connectivity index (χ2v) is 0. The molecule has 0 unspecified atom stereocenters.